The van der Waals surface area contributed by atoms with E-state index in [1.54, 1.807) is 30.8 Å². The van der Waals surface area contributed by atoms with Crippen molar-refractivity contribution in [3.05, 3.63) is 35.5 Å². The number of carbonyl (C=O) groups is 1. The quantitative estimate of drug-likeness (QED) is 0.845. The lowest BCUT2D eigenvalue weighted by Crippen LogP contribution is -2.09. The van der Waals surface area contributed by atoms with Crippen molar-refractivity contribution >= 4 is 17.5 Å². The fourth-order valence-electron chi connectivity index (χ4n) is 1.91. The maximum Gasteiger partial charge on any atom is 0.238 e. The predicted octanol–water partition coefficient (Wildman–Crippen LogP) is 2.58. The number of benzene rings is 1. The minimum absolute atomic E-state index is 0.107. The normalized spacial score (nSPS) is 19.1. The van der Waals surface area contributed by atoms with Crippen LogP contribution in [0, 0.1) is 12.7 Å². The van der Waals surface area contributed by atoms with E-state index in [0.717, 1.165) is 0 Å². The Morgan fingerprint density at radius 3 is 3.00 bits per heavy atom. The Morgan fingerprint density at radius 1 is 1.47 bits per heavy atom. The smallest absolute Gasteiger partial charge is 0.238 e. The second kappa shape index (κ2) is 4.77. The lowest BCUT2D eigenvalue weighted by Gasteiger charge is -1.99. The molecule has 1 atom stereocenters. The summed E-state index contributed by atoms with van der Waals surface area (Å²) in [6.45, 7) is 1.69. The van der Waals surface area contributed by atoms with Crippen molar-refractivity contribution in [1.29, 1.82) is 0 Å². The zero-order valence-corrected chi connectivity index (χ0v) is 11.0. The van der Waals surface area contributed by atoms with Gasteiger partial charge in [0.2, 0.25) is 11.7 Å². The fraction of sp³-hybridized carbons (Fsp3) is 0.308. The zero-order chi connectivity index (χ0) is 13.4. The van der Waals surface area contributed by atoms with E-state index in [-0.39, 0.29) is 17.5 Å². The van der Waals surface area contributed by atoms with Crippen LogP contribution in [-0.2, 0) is 4.79 Å². The van der Waals surface area contributed by atoms with Crippen LogP contribution in [-0.4, -0.2) is 27.4 Å². The highest BCUT2D eigenvalue weighted by Crippen LogP contribution is 2.30. The van der Waals surface area contributed by atoms with Crippen LogP contribution in [0.3, 0.4) is 0 Å². The van der Waals surface area contributed by atoms with Gasteiger partial charge >= 0.3 is 0 Å². The van der Waals surface area contributed by atoms with Crippen molar-refractivity contribution in [2.45, 2.75) is 12.8 Å². The second-order valence-electron chi connectivity index (χ2n) is 4.45. The molecule has 2 aromatic rings. The molecule has 1 aliphatic rings. The van der Waals surface area contributed by atoms with Gasteiger partial charge in [0.25, 0.3) is 0 Å². The Labute approximate surface area is 113 Å². The minimum Gasteiger partial charge on any atom is -0.338 e. The average Bonchev–Trinajstić information content (AvgIpc) is 3.01. The molecule has 98 valence electrons. The Hall–Kier alpha value is -1.69. The molecular weight excluding hydrogens is 267 g/mol. The number of aryl methyl sites for hydroxylation is 1. The Kier molecular flexibility index (Phi) is 3.10. The Bertz CT molecular complexity index is 641. The summed E-state index contributed by atoms with van der Waals surface area (Å²) in [5.41, 5.74) is 1.12. The number of aromatic nitrogens is 2. The van der Waals surface area contributed by atoms with E-state index in [1.165, 1.54) is 6.07 Å². The van der Waals surface area contributed by atoms with E-state index in [4.69, 9.17) is 4.52 Å². The first-order chi connectivity index (χ1) is 9.15. The number of ketones is 1. The van der Waals surface area contributed by atoms with E-state index in [2.05, 4.69) is 10.1 Å². The molecule has 1 aromatic heterocycles. The summed E-state index contributed by atoms with van der Waals surface area (Å²) in [7, 11) is 0. The van der Waals surface area contributed by atoms with Gasteiger partial charge in [0.05, 0.1) is 5.75 Å². The number of hydrogen-bond acceptors (Lipinski definition) is 5. The van der Waals surface area contributed by atoms with Crippen LogP contribution >= 0.6 is 11.8 Å². The van der Waals surface area contributed by atoms with Crippen molar-refractivity contribution in [3.8, 4) is 11.4 Å². The maximum absolute atomic E-state index is 13.5. The maximum atomic E-state index is 13.5. The minimum atomic E-state index is -0.318. The molecule has 2 heterocycles. The molecule has 1 aromatic carbocycles. The Morgan fingerprint density at radius 2 is 2.32 bits per heavy atom. The van der Waals surface area contributed by atoms with Crippen molar-refractivity contribution in [2.24, 2.45) is 0 Å². The van der Waals surface area contributed by atoms with E-state index in [9.17, 15) is 9.18 Å². The van der Waals surface area contributed by atoms with Gasteiger partial charge in [-0.25, -0.2) is 4.39 Å². The van der Waals surface area contributed by atoms with Crippen molar-refractivity contribution in [2.75, 3.05) is 11.5 Å². The van der Waals surface area contributed by atoms with E-state index < -0.39 is 0 Å². The summed E-state index contributed by atoms with van der Waals surface area (Å²) in [4.78, 5) is 15.8. The second-order valence-corrected chi connectivity index (χ2v) is 5.48. The number of carbonyl (C=O) groups excluding carboxylic acids is 1. The molecular formula is C13H11FN2O2S. The summed E-state index contributed by atoms with van der Waals surface area (Å²) in [6.07, 6.45) is 0. The van der Waals surface area contributed by atoms with Crippen LogP contribution < -0.4 is 0 Å². The van der Waals surface area contributed by atoms with Crippen LogP contribution in [0.15, 0.2) is 22.7 Å². The van der Waals surface area contributed by atoms with E-state index in [1.807, 2.05) is 0 Å². The van der Waals surface area contributed by atoms with Gasteiger partial charge < -0.3 is 4.52 Å². The molecule has 6 heteroatoms. The molecule has 0 N–H and O–H groups in total. The molecule has 1 unspecified atom stereocenters. The van der Waals surface area contributed by atoms with Gasteiger partial charge in [0.1, 0.15) is 11.7 Å². The lowest BCUT2D eigenvalue weighted by atomic mass is 10.1. The highest BCUT2D eigenvalue weighted by molar-refractivity contribution is 8.00. The summed E-state index contributed by atoms with van der Waals surface area (Å²) >= 11 is 1.56. The zero-order valence-electron chi connectivity index (χ0n) is 10.2. The SMILES string of the molecule is Cc1ccc(-c2noc(C3CSCC3=O)n2)cc1F. The standard InChI is InChI=1S/C13H11FN2O2S/c1-7-2-3-8(4-10(7)14)12-15-13(18-16-12)9-5-19-6-11(9)17/h2-4,9H,5-6H2,1H3. The van der Waals surface area contributed by atoms with E-state index in [0.29, 0.717) is 34.3 Å². The number of Topliss-reactive ketones (excluding diaryl/α,β-unsaturated/α-hetero) is 1. The first-order valence-corrected chi connectivity index (χ1v) is 7.01. The third-order valence-electron chi connectivity index (χ3n) is 3.09. The molecule has 1 aliphatic heterocycles. The van der Waals surface area contributed by atoms with Crippen molar-refractivity contribution in [3.63, 3.8) is 0 Å². The van der Waals surface area contributed by atoms with Crippen LogP contribution in [0.25, 0.3) is 11.4 Å². The lowest BCUT2D eigenvalue weighted by molar-refractivity contribution is -0.117. The highest BCUT2D eigenvalue weighted by Gasteiger charge is 2.31. The van der Waals surface area contributed by atoms with Gasteiger partial charge in [0, 0.05) is 11.3 Å². The predicted molar refractivity (Wildman–Crippen MR) is 69.5 cm³/mol. The largest absolute Gasteiger partial charge is 0.338 e. The third-order valence-corrected chi connectivity index (χ3v) is 4.15. The van der Waals surface area contributed by atoms with Gasteiger partial charge in [0.15, 0.2) is 5.78 Å². The number of nitrogens with zero attached hydrogens (tertiary/aromatic N) is 2. The molecule has 1 fully saturated rings. The molecule has 4 nitrogen and oxygen atoms in total. The van der Waals surface area contributed by atoms with Gasteiger partial charge in [-0.1, -0.05) is 17.3 Å². The van der Waals surface area contributed by atoms with Crippen LogP contribution in [0.2, 0.25) is 0 Å². The molecule has 0 saturated carbocycles. The number of thioether (sulfide) groups is 1. The average molecular weight is 278 g/mol. The molecule has 1 saturated heterocycles. The number of rotatable bonds is 2. The van der Waals surface area contributed by atoms with Gasteiger partial charge in [-0.05, 0) is 18.6 Å². The van der Waals surface area contributed by atoms with Crippen LogP contribution in [0.4, 0.5) is 4.39 Å². The van der Waals surface area contributed by atoms with Crippen molar-refractivity contribution < 1.29 is 13.7 Å². The van der Waals surface area contributed by atoms with Crippen LogP contribution in [0.1, 0.15) is 17.4 Å². The Balaban J connectivity index is 1.92. The van der Waals surface area contributed by atoms with Crippen LogP contribution in [0.5, 0.6) is 0 Å². The summed E-state index contributed by atoms with van der Waals surface area (Å²) in [6, 6.07) is 4.77. The number of halogens is 1. The number of hydrogen-bond donors (Lipinski definition) is 0. The summed E-state index contributed by atoms with van der Waals surface area (Å²) < 4.78 is 18.6. The fourth-order valence-corrected chi connectivity index (χ4v) is 2.99. The van der Waals surface area contributed by atoms with Gasteiger partial charge in [-0.3, -0.25) is 4.79 Å². The molecule has 0 spiro atoms. The first-order valence-electron chi connectivity index (χ1n) is 5.86. The van der Waals surface area contributed by atoms with Crippen molar-refractivity contribution in [1.82, 2.24) is 10.1 Å². The molecule has 0 radical (unpaired) electrons. The molecule has 19 heavy (non-hydrogen) atoms. The highest BCUT2D eigenvalue weighted by atomic mass is 32.2. The monoisotopic (exact) mass is 278 g/mol. The summed E-state index contributed by atoms with van der Waals surface area (Å²) in [5.74, 6) is 1.28. The molecule has 3 rings (SSSR count). The molecule has 0 amide bonds. The van der Waals surface area contributed by atoms with E-state index >= 15 is 0 Å². The van der Waals surface area contributed by atoms with Gasteiger partial charge in [-0.2, -0.15) is 16.7 Å². The molecule has 0 aliphatic carbocycles. The molecule has 0 bridgehead atoms. The first kappa shape index (κ1) is 12.3. The van der Waals surface area contributed by atoms with Gasteiger partial charge in [-0.15, -0.1) is 0 Å². The summed E-state index contributed by atoms with van der Waals surface area (Å²) in [5, 5.41) is 3.82. The third kappa shape index (κ3) is 2.28. The topological polar surface area (TPSA) is 56.0 Å².